The van der Waals surface area contributed by atoms with E-state index in [0.717, 1.165) is 22.9 Å². The van der Waals surface area contributed by atoms with E-state index >= 15 is 0 Å². The Balaban J connectivity index is 1.42. The number of benzene rings is 2. The number of rotatable bonds is 4. The molecule has 2 N–H and O–H groups in total. The zero-order valence-electron chi connectivity index (χ0n) is 14.9. The standard InChI is InChI=1S/C21H24N2O2S/c1-14-20(15-10-12-23(14)13-11-15)22-21(25)16-6-8-17(9-7-16)26-19-5-3-2-4-18(19)24/h2-9,14-15,20,24H,10-13H2,1H3,(H,22,25). The topological polar surface area (TPSA) is 52.6 Å². The molecule has 5 rings (SSSR count). The molecule has 3 saturated heterocycles. The van der Waals surface area contributed by atoms with Crippen LogP contribution >= 0.6 is 11.8 Å². The number of para-hydroxylation sites is 1. The first-order chi connectivity index (χ1) is 12.6. The molecule has 0 radical (unpaired) electrons. The molecule has 5 heteroatoms. The third-order valence-electron chi connectivity index (χ3n) is 5.69. The number of phenolic OH excluding ortho intramolecular Hbond substituents is 1. The predicted octanol–water partition coefficient (Wildman–Crippen LogP) is 3.76. The first-order valence-corrected chi connectivity index (χ1v) is 10.0. The van der Waals surface area contributed by atoms with Crippen LogP contribution in [0, 0.1) is 5.92 Å². The van der Waals surface area contributed by atoms with Crippen LogP contribution in [0.25, 0.3) is 0 Å². The highest BCUT2D eigenvalue weighted by atomic mass is 32.2. The summed E-state index contributed by atoms with van der Waals surface area (Å²) in [7, 11) is 0. The summed E-state index contributed by atoms with van der Waals surface area (Å²) in [5, 5.41) is 13.2. The average Bonchev–Trinajstić information content (AvgIpc) is 2.67. The number of carbonyl (C=O) groups is 1. The van der Waals surface area contributed by atoms with Gasteiger partial charge in [0.2, 0.25) is 0 Å². The number of amides is 1. The number of nitrogens with zero attached hydrogens (tertiary/aromatic N) is 1. The van der Waals surface area contributed by atoms with E-state index in [4.69, 9.17) is 0 Å². The summed E-state index contributed by atoms with van der Waals surface area (Å²) in [5.41, 5.74) is 0.690. The molecule has 0 saturated carbocycles. The van der Waals surface area contributed by atoms with E-state index in [1.807, 2.05) is 42.5 Å². The second-order valence-electron chi connectivity index (χ2n) is 7.21. The van der Waals surface area contributed by atoms with Gasteiger partial charge < -0.3 is 10.4 Å². The van der Waals surface area contributed by atoms with E-state index in [1.54, 1.807) is 6.07 Å². The Morgan fingerprint density at radius 1 is 1.12 bits per heavy atom. The van der Waals surface area contributed by atoms with Crippen molar-refractivity contribution in [1.29, 1.82) is 0 Å². The van der Waals surface area contributed by atoms with Crippen molar-refractivity contribution in [2.45, 2.75) is 41.6 Å². The smallest absolute Gasteiger partial charge is 0.251 e. The van der Waals surface area contributed by atoms with Crippen molar-refractivity contribution in [2.24, 2.45) is 5.92 Å². The molecule has 3 aliphatic heterocycles. The number of phenols is 1. The predicted molar refractivity (Wildman–Crippen MR) is 104 cm³/mol. The SMILES string of the molecule is CC1C(NC(=O)c2ccc(Sc3ccccc3O)cc2)C2CCN1CC2. The van der Waals surface area contributed by atoms with Crippen molar-refractivity contribution in [1.82, 2.24) is 10.2 Å². The maximum Gasteiger partial charge on any atom is 0.251 e. The van der Waals surface area contributed by atoms with Crippen LogP contribution in [0.3, 0.4) is 0 Å². The molecule has 0 aliphatic carbocycles. The Morgan fingerprint density at radius 2 is 1.81 bits per heavy atom. The van der Waals surface area contributed by atoms with Gasteiger partial charge in [0.25, 0.3) is 5.91 Å². The lowest BCUT2D eigenvalue weighted by Gasteiger charge is -2.49. The Bertz CT molecular complexity index is 783. The zero-order chi connectivity index (χ0) is 18.1. The van der Waals surface area contributed by atoms with E-state index in [1.165, 1.54) is 24.6 Å². The van der Waals surface area contributed by atoms with Gasteiger partial charge in [-0.2, -0.15) is 0 Å². The molecular weight excluding hydrogens is 344 g/mol. The lowest BCUT2D eigenvalue weighted by atomic mass is 9.79. The van der Waals surface area contributed by atoms with Crippen molar-refractivity contribution in [3.63, 3.8) is 0 Å². The minimum atomic E-state index is 0.00899. The molecule has 2 bridgehead atoms. The van der Waals surface area contributed by atoms with Gasteiger partial charge >= 0.3 is 0 Å². The average molecular weight is 369 g/mol. The Labute approximate surface area is 158 Å². The molecule has 3 aliphatic rings. The fourth-order valence-electron chi connectivity index (χ4n) is 4.12. The fraction of sp³-hybridized carbons (Fsp3) is 0.381. The van der Waals surface area contributed by atoms with Crippen LogP contribution in [0.4, 0.5) is 0 Å². The molecule has 2 unspecified atom stereocenters. The molecule has 1 amide bonds. The lowest BCUT2D eigenvalue weighted by molar-refractivity contribution is 0.0217. The number of aromatic hydroxyl groups is 1. The molecule has 2 aromatic rings. The molecule has 26 heavy (non-hydrogen) atoms. The minimum absolute atomic E-state index is 0.00899. The second kappa shape index (κ2) is 7.33. The van der Waals surface area contributed by atoms with Gasteiger partial charge in [-0.15, -0.1) is 0 Å². The number of hydrogen-bond donors (Lipinski definition) is 2. The highest BCUT2D eigenvalue weighted by Crippen LogP contribution is 2.34. The maximum absolute atomic E-state index is 12.7. The highest BCUT2D eigenvalue weighted by molar-refractivity contribution is 7.99. The molecule has 136 valence electrons. The summed E-state index contributed by atoms with van der Waals surface area (Å²) in [5.74, 6) is 0.889. The first-order valence-electron chi connectivity index (χ1n) is 9.22. The quantitative estimate of drug-likeness (QED) is 0.863. The van der Waals surface area contributed by atoms with Crippen LogP contribution in [-0.4, -0.2) is 41.1 Å². The number of piperidine rings is 3. The highest BCUT2D eigenvalue weighted by Gasteiger charge is 2.40. The van der Waals surface area contributed by atoms with Crippen molar-refractivity contribution < 1.29 is 9.90 Å². The summed E-state index contributed by atoms with van der Waals surface area (Å²) >= 11 is 1.49. The number of hydrogen-bond acceptors (Lipinski definition) is 4. The number of nitrogens with one attached hydrogen (secondary N) is 1. The maximum atomic E-state index is 12.7. The Morgan fingerprint density at radius 3 is 2.46 bits per heavy atom. The molecule has 2 aromatic carbocycles. The van der Waals surface area contributed by atoms with Gasteiger partial charge in [0.1, 0.15) is 5.75 Å². The van der Waals surface area contributed by atoms with Crippen LogP contribution in [0.2, 0.25) is 0 Å². The first kappa shape index (κ1) is 17.4. The summed E-state index contributed by atoms with van der Waals surface area (Å²) in [6.45, 7) is 4.55. The molecule has 0 spiro atoms. The number of carbonyl (C=O) groups excluding carboxylic acids is 1. The molecule has 3 fully saturated rings. The van der Waals surface area contributed by atoms with Crippen molar-refractivity contribution in [3.8, 4) is 5.75 Å². The Kier molecular flexibility index (Phi) is 4.92. The second-order valence-corrected chi connectivity index (χ2v) is 8.32. The van der Waals surface area contributed by atoms with Crippen LogP contribution in [0.5, 0.6) is 5.75 Å². The summed E-state index contributed by atoms with van der Waals surface area (Å²) in [4.78, 5) is 17.0. The van der Waals surface area contributed by atoms with E-state index in [0.29, 0.717) is 17.5 Å². The number of fused-ring (bicyclic) bond motifs is 3. The lowest BCUT2D eigenvalue weighted by Crippen LogP contribution is -2.62. The van der Waals surface area contributed by atoms with Gasteiger partial charge in [-0.3, -0.25) is 9.69 Å². The van der Waals surface area contributed by atoms with Crippen LogP contribution < -0.4 is 5.32 Å². The monoisotopic (exact) mass is 368 g/mol. The summed E-state index contributed by atoms with van der Waals surface area (Å²) in [6.07, 6.45) is 2.37. The zero-order valence-corrected chi connectivity index (χ0v) is 15.7. The van der Waals surface area contributed by atoms with Gasteiger partial charge in [-0.05, 0) is 75.2 Å². The van der Waals surface area contributed by atoms with Crippen molar-refractivity contribution in [3.05, 3.63) is 54.1 Å². The van der Waals surface area contributed by atoms with E-state index in [-0.39, 0.29) is 17.7 Å². The van der Waals surface area contributed by atoms with Gasteiger partial charge in [-0.1, -0.05) is 23.9 Å². The summed E-state index contributed by atoms with van der Waals surface area (Å²) in [6, 6.07) is 15.5. The third kappa shape index (κ3) is 3.46. The van der Waals surface area contributed by atoms with E-state index in [2.05, 4.69) is 17.1 Å². The van der Waals surface area contributed by atoms with E-state index < -0.39 is 0 Å². The summed E-state index contributed by atoms with van der Waals surface area (Å²) < 4.78 is 0. The van der Waals surface area contributed by atoms with Gasteiger partial charge in [0.15, 0.2) is 0 Å². The van der Waals surface area contributed by atoms with Gasteiger partial charge in [0.05, 0.1) is 4.90 Å². The van der Waals surface area contributed by atoms with Gasteiger partial charge in [-0.25, -0.2) is 0 Å². The van der Waals surface area contributed by atoms with Crippen molar-refractivity contribution in [2.75, 3.05) is 13.1 Å². The fourth-order valence-corrected chi connectivity index (χ4v) is 4.97. The largest absolute Gasteiger partial charge is 0.507 e. The minimum Gasteiger partial charge on any atom is -0.507 e. The molecule has 3 heterocycles. The normalized spacial score (nSPS) is 27.3. The molecule has 4 nitrogen and oxygen atoms in total. The van der Waals surface area contributed by atoms with Crippen LogP contribution in [-0.2, 0) is 0 Å². The molecule has 2 atom stereocenters. The van der Waals surface area contributed by atoms with E-state index in [9.17, 15) is 9.90 Å². The molecular formula is C21H24N2O2S. The van der Waals surface area contributed by atoms with Gasteiger partial charge in [0, 0.05) is 22.5 Å². The molecule has 0 aromatic heterocycles. The van der Waals surface area contributed by atoms with Crippen LogP contribution in [0.15, 0.2) is 58.3 Å². The van der Waals surface area contributed by atoms with Crippen molar-refractivity contribution >= 4 is 17.7 Å². The van der Waals surface area contributed by atoms with Crippen LogP contribution in [0.1, 0.15) is 30.1 Å². The Hall–Kier alpha value is -1.98. The third-order valence-corrected chi connectivity index (χ3v) is 6.76.